The molecule has 20 heavy (non-hydrogen) atoms. The van der Waals surface area contributed by atoms with Gasteiger partial charge in [-0.2, -0.15) is 0 Å². The van der Waals surface area contributed by atoms with Crippen molar-refractivity contribution >= 4 is 28.5 Å². The van der Waals surface area contributed by atoms with Gasteiger partial charge >= 0.3 is 0 Å². The molecule has 0 saturated carbocycles. The standard InChI is InChI=1S/C15H20FIN2O/c1-2-18-10-11-5-7-19(8-6-11)15(20)13-4-3-12(16)9-14(13)17/h3-4,9,11,18H,2,5-8,10H2,1H3. The van der Waals surface area contributed by atoms with E-state index < -0.39 is 0 Å². The van der Waals surface area contributed by atoms with Crippen LogP contribution >= 0.6 is 22.6 Å². The Hall–Kier alpha value is -0.690. The van der Waals surface area contributed by atoms with E-state index in [1.54, 1.807) is 6.07 Å². The van der Waals surface area contributed by atoms with Gasteiger partial charge in [-0.1, -0.05) is 6.92 Å². The molecule has 0 bridgehead atoms. The number of amides is 1. The largest absolute Gasteiger partial charge is 0.339 e. The van der Waals surface area contributed by atoms with Gasteiger partial charge in [0.1, 0.15) is 5.82 Å². The lowest BCUT2D eigenvalue weighted by Crippen LogP contribution is -2.41. The van der Waals surface area contributed by atoms with Crippen molar-refractivity contribution in [2.24, 2.45) is 5.92 Å². The molecule has 1 heterocycles. The van der Waals surface area contributed by atoms with Crippen molar-refractivity contribution < 1.29 is 9.18 Å². The van der Waals surface area contributed by atoms with Crippen LogP contribution in [0.2, 0.25) is 0 Å². The fraction of sp³-hybridized carbons (Fsp3) is 0.533. The number of rotatable bonds is 4. The number of likely N-dealkylation sites (tertiary alicyclic amines) is 1. The molecule has 0 spiro atoms. The number of hydrogen-bond donors (Lipinski definition) is 1. The molecule has 0 aliphatic carbocycles. The zero-order chi connectivity index (χ0) is 14.5. The van der Waals surface area contributed by atoms with E-state index in [0.717, 1.165) is 39.0 Å². The molecule has 0 unspecified atom stereocenters. The van der Waals surface area contributed by atoms with Crippen LogP contribution in [-0.2, 0) is 0 Å². The van der Waals surface area contributed by atoms with Crippen LogP contribution in [0.5, 0.6) is 0 Å². The fourth-order valence-electron chi connectivity index (χ4n) is 2.52. The minimum Gasteiger partial charge on any atom is -0.339 e. The lowest BCUT2D eigenvalue weighted by Gasteiger charge is -2.32. The summed E-state index contributed by atoms with van der Waals surface area (Å²) in [6, 6.07) is 4.35. The quantitative estimate of drug-likeness (QED) is 0.803. The second-order valence-electron chi connectivity index (χ2n) is 5.17. The van der Waals surface area contributed by atoms with Crippen LogP contribution in [0.3, 0.4) is 0 Å². The van der Waals surface area contributed by atoms with Crippen LogP contribution in [0.1, 0.15) is 30.1 Å². The van der Waals surface area contributed by atoms with Crippen molar-refractivity contribution in [2.45, 2.75) is 19.8 Å². The first-order valence-electron chi connectivity index (χ1n) is 7.07. The Labute approximate surface area is 133 Å². The number of halogens is 2. The van der Waals surface area contributed by atoms with Gasteiger partial charge in [0.25, 0.3) is 5.91 Å². The van der Waals surface area contributed by atoms with Crippen LogP contribution < -0.4 is 5.32 Å². The third kappa shape index (κ3) is 3.91. The summed E-state index contributed by atoms with van der Waals surface area (Å²) < 4.78 is 13.8. The van der Waals surface area contributed by atoms with Gasteiger partial charge in [0.2, 0.25) is 0 Å². The Balaban J connectivity index is 1.94. The van der Waals surface area contributed by atoms with E-state index in [1.807, 2.05) is 27.5 Å². The minimum absolute atomic E-state index is 0.0244. The van der Waals surface area contributed by atoms with E-state index in [4.69, 9.17) is 0 Å². The first-order valence-corrected chi connectivity index (χ1v) is 8.14. The van der Waals surface area contributed by atoms with E-state index in [2.05, 4.69) is 12.2 Å². The maximum Gasteiger partial charge on any atom is 0.254 e. The maximum atomic E-state index is 13.1. The van der Waals surface area contributed by atoms with Gasteiger partial charge in [0.05, 0.1) is 5.56 Å². The average molecular weight is 390 g/mol. The third-order valence-electron chi connectivity index (χ3n) is 3.75. The van der Waals surface area contributed by atoms with E-state index in [-0.39, 0.29) is 11.7 Å². The van der Waals surface area contributed by atoms with Crippen molar-refractivity contribution in [3.63, 3.8) is 0 Å². The molecule has 2 rings (SSSR count). The summed E-state index contributed by atoms with van der Waals surface area (Å²) in [5.74, 6) is 0.387. The molecular weight excluding hydrogens is 370 g/mol. The summed E-state index contributed by atoms with van der Waals surface area (Å²) in [6.07, 6.45) is 2.08. The van der Waals surface area contributed by atoms with E-state index in [1.165, 1.54) is 12.1 Å². The molecule has 0 atom stereocenters. The van der Waals surface area contributed by atoms with Crippen LogP contribution in [0, 0.1) is 15.3 Å². The first kappa shape index (κ1) is 15.7. The van der Waals surface area contributed by atoms with Gasteiger partial charge in [0.15, 0.2) is 0 Å². The highest BCUT2D eigenvalue weighted by Crippen LogP contribution is 2.21. The lowest BCUT2D eigenvalue weighted by atomic mass is 9.96. The van der Waals surface area contributed by atoms with Crippen molar-refractivity contribution in [1.29, 1.82) is 0 Å². The highest BCUT2D eigenvalue weighted by atomic mass is 127. The molecule has 3 nitrogen and oxygen atoms in total. The molecule has 0 aromatic heterocycles. The fourth-order valence-corrected chi connectivity index (χ4v) is 3.23. The molecule has 1 saturated heterocycles. The Kier molecular flexibility index (Phi) is 5.77. The van der Waals surface area contributed by atoms with Gasteiger partial charge in [-0.3, -0.25) is 4.79 Å². The van der Waals surface area contributed by atoms with E-state index in [0.29, 0.717) is 15.1 Å². The Bertz CT molecular complexity index is 473. The number of hydrogen-bond acceptors (Lipinski definition) is 2. The Morgan fingerprint density at radius 2 is 2.15 bits per heavy atom. The second-order valence-corrected chi connectivity index (χ2v) is 6.33. The summed E-state index contributed by atoms with van der Waals surface area (Å²) in [5, 5.41) is 3.36. The van der Waals surface area contributed by atoms with Crippen LogP contribution in [0.15, 0.2) is 18.2 Å². The summed E-state index contributed by atoms with van der Waals surface area (Å²) >= 11 is 2.02. The SMILES string of the molecule is CCNCC1CCN(C(=O)c2ccc(F)cc2I)CC1. The number of carbonyl (C=O) groups is 1. The van der Waals surface area contributed by atoms with E-state index in [9.17, 15) is 9.18 Å². The number of carbonyl (C=O) groups excluding carboxylic acids is 1. The zero-order valence-corrected chi connectivity index (χ0v) is 13.8. The lowest BCUT2D eigenvalue weighted by molar-refractivity contribution is 0.0689. The molecule has 1 aromatic rings. The molecule has 1 aliphatic heterocycles. The minimum atomic E-state index is -0.296. The van der Waals surface area contributed by atoms with Crippen molar-refractivity contribution in [2.75, 3.05) is 26.2 Å². The zero-order valence-electron chi connectivity index (χ0n) is 11.7. The van der Waals surface area contributed by atoms with Crippen LogP contribution in [-0.4, -0.2) is 37.0 Å². The van der Waals surface area contributed by atoms with Gasteiger partial charge in [0, 0.05) is 16.7 Å². The normalized spacial score (nSPS) is 16.4. The monoisotopic (exact) mass is 390 g/mol. The molecular formula is C15H20FIN2O. The topological polar surface area (TPSA) is 32.3 Å². The molecule has 1 aromatic carbocycles. The summed E-state index contributed by atoms with van der Waals surface area (Å²) in [6.45, 7) is 5.72. The highest BCUT2D eigenvalue weighted by Gasteiger charge is 2.24. The number of piperidine rings is 1. The molecule has 1 fully saturated rings. The predicted molar refractivity (Wildman–Crippen MR) is 86.3 cm³/mol. The predicted octanol–water partition coefficient (Wildman–Crippen LogP) is 2.89. The summed E-state index contributed by atoms with van der Waals surface area (Å²) in [7, 11) is 0. The van der Waals surface area contributed by atoms with E-state index >= 15 is 0 Å². The van der Waals surface area contributed by atoms with Crippen LogP contribution in [0.4, 0.5) is 4.39 Å². The number of nitrogens with zero attached hydrogens (tertiary/aromatic N) is 1. The average Bonchev–Trinajstić information content (AvgIpc) is 2.45. The molecule has 110 valence electrons. The van der Waals surface area contributed by atoms with Crippen LogP contribution in [0.25, 0.3) is 0 Å². The second kappa shape index (κ2) is 7.36. The molecule has 0 radical (unpaired) electrons. The molecule has 5 heteroatoms. The summed E-state index contributed by atoms with van der Waals surface area (Å²) in [4.78, 5) is 14.3. The van der Waals surface area contributed by atoms with Crippen molar-refractivity contribution in [3.8, 4) is 0 Å². The first-order chi connectivity index (χ1) is 9.61. The molecule has 1 N–H and O–H groups in total. The van der Waals surface area contributed by atoms with Gasteiger partial charge in [-0.15, -0.1) is 0 Å². The van der Waals surface area contributed by atoms with Crippen molar-refractivity contribution in [1.82, 2.24) is 10.2 Å². The Morgan fingerprint density at radius 3 is 2.75 bits per heavy atom. The third-order valence-corrected chi connectivity index (χ3v) is 4.64. The molecule has 1 aliphatic rings. The number of nitrogens with one attached hydrogen (secondary N) is 1. The smallest absolute Gasteiger partial charge is 0.254 e. The molecule has 1 amide bonds. The maximum absolute atomic E-state index is 13.1. The summed E-state index contributed by atoms with van der Waals surface area (Å²) in [5.41, 5.74) is 0.608. The van der Waals surface area contributed by atoms with Gasteiger partial charge in [-0.25, -0.2) is 4.39 Å². The Morgan fingerprint density at radius 1 is 1.45 bits per heavy atom. The van der Waals surface area contributed by atoms with Crippen molar-refractivity contribution in [3.05, 3.63) is 33.1 Å². The highest BCUT2D eigenvalue weighted by molar-refractivity contribution is 14.1. The van der Waals surface area contributed by atoms with Gasteiger partial charge < -0.3 is 10.2 Å². The van der Waals surface area contributed by atoms with Gasteiger partial charge in [-0.05, 0) is 72.6 Å². The number of benzene rings is 1.